The first-order chi connectivity index (χ1) is 8.50. The molecule has 0 aliphatic carbocycles. The molecule has 1 N–H and O–H groups in total. The van der Waals surface area contributed by atoms with Crippen LogP contribution in [-0.4, -0.2) is 40.0 Å². The number of nitro groups is 1. The molecule has 0 radical (unpaired) electrons. The van der Waals surface area contributed by atoms with Crippen LogP contribution in [0.2, 0.25) is 0 Å². The van der Waals surface area contributed by atoms with Gasteiger partial charge in [-0.1, -0.05) is 12.1 Å². The van der Waals surface area contributed by atoms with Crippen molar-refractivity contribution < 1.29 is 14.8 Å². The van der Waals surface area contributed by atoms with Crippen molar-refractivity contribution in [1.29, 1.82) is 0 Å². The van der Waals surface area contributed by atoms with Crippen molar-refractivity contribution in [3.8, 4) is 0 Å². The highest BCUT2D eigenvalue weighted by Crippen LogP contribution is 2.25. The highest BCUT2D eigenvalue weighted by molar-refractivity contribution is 5.99. The zero-order valence-electron chi connectivity index (χ0n) is 10.00. The summed E-state index contributed by atoms with van der Waals surface area (Å²) in [6, 6.07) is 4.56. The number of hydrogen-bond donors (Lipinski definition) is 1. The monoisotopic (exact) mass is 250 g/mol. The summed E-state index contributed by atoms with van der Waals surface area (Å²) in [7, 11) is 0. The minimum absolute atomic E-state index is 0.122. The van der Waals surface area contributed by atoms with Gasteiger partial charge in [0, 0.05) is 19.2 Å². The van der Waals surface area contributed by atoms with Gasteiger partial charge in [-0.15, -0.1) is 0 Å². The number of likely N-dealkylation sites (tertiary alicyclic amines) is 1. The summed E-state index contributed by atoms with van der Waals surface area (Å²) in [4.78, 5) is 24.1. The van der Waals surface area contributed by atoms with E-state index in [0.717, 1.165) is 0 Å². The molecule has 0 bridgehead atoms. The molecule has 1 unspecified atom stereocenters. The Bertz CT molecular complexity index is 501. The lowest BCUT2D eigenvalue weighted by molar-refractivity contribution is -0.385. The number of aryl methyl sites for hydroxylation is 1. The quantitative estimate of drug-likeness (QED) is 0.629. The molecule has 1 atom stereocenters. The standard InChI is InChI=1S/C12H14N2O4/c1-8-3-2-4-10(14(17)18)11(8)12(16)13-6-5-9(15)7-13/h2-4,9,15H,5-7H2,1H3. The van der Waals surface area contributed by atoms with Gasteiger partial charge < -0.3 is 10.0 Å². The number of carbonyl (C=O) groups is 1. The molecule has 0 spiro atoms. The maximum absolute atomic E-state index is 12.2. The second-order valence-corrected chi connectivity index (χ2v) is 4.42. The van der Waals surface area contributed by atoms with Crippen LogP contribution in [0, 0.1) is 17.0 Å². The molecule has 0 aromatic heterocycles. The van der Waals surface area contributed by atoms with Gasteiger partial charge >= 0.3 is 0 Å². The van der Waals surface area contributed by atoms with Crippen LogP contribution in [-0.2, 0) is 0 Å². The Hall–Kier alpha value is -1.95. The Labute approximate surface area is 104 Å². The third kappa shape index (κ3) is 2.19. The minimum atomic E-state index is -0.549. The molecule has 1 aliphatic heterocycles. The molecule has 96 valence electrons. The second-order valence-electron chi connectivity index (χ2n) is 4.42. The van der Waals surface area contributed by atoms with Crippen molar-refractivity contribution in [2.45, 2.75) is 19.4 Å². The number of nitrogens with zero attached hydrogens (tertiary/aromatic N) is 2. The van der Waals surface area contributed by atoms with Gasteiger partial charge in [-0.05, 0) is 18.9 Å². The van der Waals surface area contributed by atoms with Crippen molar-refractivity contribution in [2.24, 2.45) is 0 Å². The Balaban J connectivity index is 2.38. The molecule has 2 rings (SSSR count). The van der Waals surface area contributed by atoms with E-state index in [1.165, 1.54) is 11.0 Å². The molecule has 0 saturated carbocycles. The van der Waals surface area contributed by atoms with Crippen LogP contribution in [0.4, 0.5) is 5.69 Å². The topological polar surface area (TPSA) is 83.7 Å². The van der Waals surface area contributed by atoms with Gasteiger partial charge in [0.1, 0.15) is 5.56 Å². The van der Waals surface area contributed by atoms with Crippen LogP contribution in [0.25, 0.3) is 0 Å². The molecule has 1 aromatic rings. The normalized spacial score (nSPS) is 19.0. The summed E-state index contributed by atoms with van der Waals surface area (Å²) in [6.45, 7) is 2.35. The van der Waals surface area contributed by atoms with Crippen molar-refractivity contribution in [1.82, 2.24) is 4.90 Å². The number of carbonyl (C=O) groups excluding carboxylic acids is 1. The third-order valence-electron chi connectivity index (χ3n) is 3.11. The second kappa shape index (κ2) is 4.73. The SMILES string of the molecule is Cc1cccc([N+](=O)[O-])c1C(=O)N1CCC(O)C1. The maximum Gasteiger partial charge on any atom is 0.282 e. The first-order valence-corrected chi connectivity index (χ1v) is 5.72. The number of β-amino-alcohol motifs (C(OH)–C–C–N with tert-alkyl or cyclic N) is 1. The van der Waals surface area contributed by atoms with Gasteiger partial charge in [0.15, 0.2) is 0 Å². The van der Waals surface area contributed by atoms with Crippen molar-refractivity contribution >= 4 is 11.6 Å². The molecule has 1 fully saturated rings. The predicted octanol–water partition coefficient (Wildman–Crippen LogP) is 1.11. The van der Waals surface area contributed by atoms with Gasteiger partial charge in [-0.3, -0.25) is 14.9 Å². The fourth-order valence-corrected chi connectivity index (χ4v) is 2.17. The molecular formula is C12H14N2O4. The summed E-state index contributed by atoms with van der Waals surface area (Å²) in [5, 5.41) is 20.4. The summed E-state index contributed by atoms with van der Waals surface area (Å²) in [6.07, 6.45) is -0.0113. The van der Waals surface area contributed by atoms with Crippen LogP contribution < -0.4 is 0 Å². The first kappa shape index (κ1) is 12.5. The molecule has 6 nitrogen and oxygen atoms in total. The van der Waals surface area contributed by atoms with Crippen LogP contribution in [0.5, 0.6) is 0 Å². The Kier molecular flexibility index (Phi) is 3.29. The number of nitro benzene ring substituents is 1. The Morgan fingerprint density at radius 1 is 1.56 bits per heavy atom. The van der Waals surface area contributed by atoms with Gasteiger partial charge in [-0.2, -0.15) is 0 Å². The fraction of sp³-hybridized carbons (Fsp3) is 0.417. The zero-order valence-corrected chi connectivity index (χ0v) is 10.00. The number of rotatable bonds is 2. The van der Waals surface area contributed by atoms with Crippen molar-refractivity contribution in [3.63, 3.8) is 0 Å². The van der Waals surface area contributed by atoms with Crippen LogP contribution in [0.3, 0.4) is 0 Å². The van der Waals surface area contributed by atoms with Gasteiger partial charge in [0.25, 0.3) is 11.6 Å². The summed E-state index contributed by atoms with van der Waals surface area (Å²) < 4.78 is 0. The third-order valence-corrected chi connectivity index (χ3v) is 3.11. The smallest absolute Gasteiger partial charge is 0.282 e. The molecule has 1 saturated heterocycles. The Morgan fingerprint density at radius 2 is 2.28 bits per heavy atom. The molecule has 6 heteroatoms. The highest BCUT2D eigenvalue weighted by Gasteiger charge is 2.30. The van der Waals surface area contributed by atoms with Crippen LogP contribution >= 0.6 is 0 Å². The number of benzene rings is 1. The van der Waals surface area contributed by atoms with Crippen molar-refractivity contribution in [2.75, 3.05) is 13.1 Å². The van der Waals surface area contributed by atoms with E-state index in [-0.39, 0.29) is 23.7 Å². The lowest BCUT2D eigenvalue weighted by atomic mass is 10.1. The van der Waals surface area contributed by atoms with E-state index >= 15 is 0 Å². The van der Waals surface area contributed by atoms with E-state index in [1.807, 2.05) is 0 Å². The van der Waals surface area contributed by atoms with E-state index in [4.69, 9.17) is 0 Å². The van der Waals surface area contributed by atoms with E-state index < -0.39 is 11.0 Å². The van der Waals surface area contributed by atoms with Gasteiger partial charge in [0.2, 0.25) is 0 Å². The lowest BCUT2D eigenvalue weighted by Crippen LogP contribution is -2.30. The molecule has 18 heavy (non-hydrogen) atoms. The lowest BCUT2D eigenvalue weighted by Gasteiger charge is -2.16. The van der Waals surface area contributed by atoms with Gasteiger partial charge in [-0.25, -0.2) is 0 Å². The predicted molar refractivity (Wildman–Crippen MR) is 64.4 cm³/mol. The summed E-state index contributed by atoms with van der Waals surface area (Å²) >= 11 is 0. The largest absolute Gasteiger partial charge is 0.391 e. The number of aliphatic hydroxyl groups excluding tert-OH is 1. The maximum atomic E-state index is 12.2. The summed E-state index contributed by atoms with van der Waals surface area (Å²) in [5.74, 6) is -0.378. The average molecular weight is 250 g/mol. The Morgan fingerprint density at radius 3 is 2.83 bits per heavy atom. The molecule has 1 amide bonds. The molecular weight excluding hydrogens is 236 g/mol. The highest BCUT2D eigenvalue weighted by atomic mass is 16.6. The summed E-state index contributed by atoms with van der Waals surface area (Å²) in [5.41, 5.74) is 0.522. The van der Waals surface area contributed by atoms with Gasteiger partial charge in [0.05, 0.1) is 11.0 Å². The van der Waals surface area contributed by atoms with Crippen LogP contribution in [0.1, 0.15) is 22.3 Å². The average Bonchev–Trinajstić information content (AvgIpc) is 2.74. The number of hydrogen-bond acceptors (Lipinski definition) is 4. The molecule has 1 heterocycles. The van der Waals surface area contributed by atoms with E-state index in [9.17, 15) is 20.0 Å². The fourth-order valence-electron chi connectivity index (χ4n) is 2.17. The zero-order chi connectivity index (χ0) is 13.3. The van der Waals surface area contributed by atoms with Crippen LogP contribution in [0.15, 0.2) is 18.2 Å². The number of amides is 1. The molecule has 1 aromatic carbocycles. The van der Waals surface area contributed by atoms with E-state index in [0.29, 0.717) is 18.5 Å². The van der Waals surface area contributed by atoms with Crippen molar-refractivity contribution in [3.05, 3.63) is 39.4 Å². The molecule has 1 aliphatic rings. The first-order valence-electron chi connectivity index (χ1n) is 5.72. The number of aliphatic hydroxyl groups is 1. The van der Waals surface area contributed by atoms with E-state index in [2.05, 4.69) is 0 Å². The van der Waals surface area contributed by atoms with E-state index in [1.54, 1.807) is 19.1 Å². The minimum Gasteiger partial charge on any atom is -0.391 e.